The van der Waals surface area contributed by atoms with Crippen LogP contribution in [0.2, 0.25) is 0 Å². The largest absolute Gasteiger partial charge is 0.319 e. The first-order valence-corrected chi connectivity index (χ1v) is 6.47. The molecule has 0 amide bonds. The highest BCUT2D eigenvalue weighted by Gasteiger charge is 2.04. The minimum absolute atomic E-state index is 0.454. The molecule has 0 aliphatic heterocycles. The molecular weight excluding hydrogens is 278 g/mol. The van der Waals surface area contributed by atoms with Crippen molar-refractivity contribution in [2.45, 2.75) is 6.92 Å². The first kappa shape index (κ1) is 10.8. The molecule has 0 aliphatic carbocycles. The molecule has 0 spiro atoms. The third kappa shape index (κ3) is 3.54. The maximum atomic E-state index is 10.6. The van der Waals surface area contributed by atoms with Gasteiger partial charge in [0.15, 0.2) is 0 Å². The number of halogens is 2. The zero-order valence-electron chi connectivity index (χ0n) is 6.71. The fourth-order valence-electron chi connectivity index (χ4n) is 0.849. The second-order valence-corrected chi connectivity index (χ2v) is 5.66. The van der Waals surface area contributed by atoms with Gasteiger partial charge in [0.2, 0.25) is 0 Å². The van der Waals surface area contributed by atoms with Gasteiger partial charge in [0, 0.05) is 20.8 Å². The lowest BCUT2D eigenvalue weighted by atomic mass is 10.2. The SMILES string of the molecule is Cc1cc(NS(=O)(=O)Cl)ccc1Br. The van der Waals surface area contributed by atoms with Crippen LogP contribution >= 0.6 is 26.6 Å². The summed E-state index contributed by atoms with van der Waals surface area (Å²) in [6.07, 6.45) is 0. The molecule has 0 radical (unpaired) electrons. The van der Waals surface area contributed by atoms with Crippen LogP contribution in [0.25, 0.3) is 0 Å². The third-order valence-corrected chi connectivity index (χ3v) is 3.00. The van der Waals surface area contributed by atoms with E-state index in [-0.39, 0.29) is 0 Å². The maximum Gasteiger partial charge on any atom is 0.319 e. The van der Waals surface area contributed by atoms with Gasteiger partial charge in [-0.25, -0.2) is 0 Å². The molecule has 13 heavy (non-hydrogen) atoms. The highest BCUT2D eigenvalue weighted by Crippen LogP contribution is 2.21. The molecule has 0 aromatic heterocycles. The van der Waals surface area contributed by atoms with Gasteiger partial charge in [-0.1, -0.05) is 15.9 Å². The van der Waals surface area contributed by atoms with Crippen LogP contribution in [0.1, 0.15) is 5.56 Å². The van der Waals surface area contributed by atoms with Crippen molar-refractivity contribution in [2.75, 3.05) is 4.72 Å². The maximum absolute atomic E-state index is 10.6. The summed E-state index contributed by atoms with van der Waals surface area (Å²) < 4.78 is 24.4. The number of benzene rings is 1. The van der Waals surface area contributed by atoms with Crippen LogP contribution < -0.4 is 4.72 Å². The quantitative estimate of drug-likeness (QED) is 0.849. The van der Waals surface area contributed by atoms with E-state index in [1.54, 1.807) is 18.2 Å². The number of hydrogen-bond acceptors (Lipinski definition) is 2. The summed E-state index contributed by atoms with van der Waals surface area (Å²) in [5.74, 6) is 0. The van der Waals surface area contributed by atoms with E-state index < -0.39 is 9.24 Å². The van der Waals surface area contributed by atoms with Gasteiger partial charge in [-0.15, -0.1) is 0 Å². The summed E-state index contributed by atoms with van der Waals surface area (Å²) >= 11 is 3.30. The Balaban J connectivity index is 2.99. The van der Waals surface area contributed by atoms with Crippen LogP contribution in [0, 0.1) is 6.92 Å². The smallest absolute Gasteiger partial charge is 0.271 e. The second-order valence-electron chi connectivity index (χ2n) is 2.50. The predicted molar refractivity (Wildman–Crippen MR) is 57.3 cm³/mol. The summed E-state index contributed by atoms with van der Waals surface area (Å²) in [6.45, 7) is 1.86. The topological polar surface area (TPSA) is 46.2 Å². The van der Waals surface area contributed by atoms with E-state index in [0.29, 0.717) is 5.69 Å². The Kier molecular flexibility index (Phi) is 3.21. The van der Waals surface area contributed by atoms with Crippen molar-refractivity contribution in [1.29, 1.82) is 0 Å². The van der Waals surface area contributed by atoms with Crippen molar-refractivity contribution in [2.24, 2.45) is 0 Å². The molecule has 0 fully saturated rings. The third-order valence-electron chi connectivity index (χ3n) is 1.40. The van der Waals surface area contributed by atoms with Crippen LogP contribution in [-0.2, 0) is 9.24 Å². The van der Waals surface area contributed by atoms with Crippen LogP contribution in [0.3, 0.4) is 0 Å². The van der Waals surface area contributed by atoms with E-state index in [2.05, 4.69) is 20.7 Å². The molecule has 72 valence electrons. The molecule has 1 aromatic carbocycles. The van der Waals surface area contributed by atoms with Gasteiger partial charge in [0.25, 0.3) is 0 Å². The van der Waals surface area contributed by atoms with E-state index >= 15 is 0 Å². The summed E-state index contributed by atoms with van der Waals surface area (Å²) in [6, 6.07) is 5.06. The number of aryl methyl sites for hydroxylation is 1. The minimum Gasteiger partial charge on any atom is -0.271 e. The standard InChI is InChI=1S/C7H7BrClNO2S/c1-5-4-6(2-3-7(5)8)10-13(9,11)12/h2-4,10H,1H3. The van der Waals surface area contributed by atoms with Gasteiger partial charge in [-0.2, -0.15) is 8.42 Å². The van der Waals surface area contributed by atoms with Crippen molar-refractivity contribution in [1.82, 2.24) is 0 Å². The number of nitrogens with one attached hydrogen (secondary N) is 1. The van der Waals surface area contributed by atoms with E-state index in [9.17, 15) is 8.42 Å². The van der Waals surface area contributed by atoms with E-state index in [0.717, 1.165) is 10.0 Å². The Labute approximate surface area is 89.8 Å². The molecule has 1 N–H and O–H groups in total. The van der Waals surface area contributed by atoms with Crippen LogP contribution in [0.15, 0.2) is 22.7 Å². The minimum atomic E-state index is -3.70. The van der Waals surface area contributed by atoms with Gasteiger partial charge in [0.05, 0.1) is 0 Å². The van der Waals surface area contributed by atoms with Crippen LogP contribution in [0.5, 0.6) is 0 Å². The second kappa shape index (κ2) is 3.86. The highest BCUT2D eigenvalue weighted by molar-refractivity contribution is 9.10. The monoisotopic (exact) mass is 283 g/mol. The fourth-order valence-corrected chi connectivity index (χ4v) is 1.77. The number of anilines is 1. The molecule has 6 heteroatoms. The first-order chi connectivity index (χ1) is 5.88. The lowest BCUT2D eigenvalue weighted by molar-refractivity contribution is 0.614. The Morgan fingerprint density at radius 3 is 2.54 bits per heavy atom. The fraction of sp³-hybridized carbons (Fsp3) is 0.143. The van der Waals surface area contributed by atoms with E-state index in [1.807, 2.05) is 6.92 Å². The molecule has 0 saturated heterocycles. The van der Waals surface area contributed by atoms with Crippen molar-refractivity contribution >= 4 is 41.5 Å². The molecule has 1 rings (SSSR count). The van der Waals surface area contributed by atoms with Crippen molar-refractivity contribution in [3.05, 3.63) is 28.2 Å². The number of rotatable bonds is 2. The average Bonchev–Trinajstić information content (AvgIpc) is 1.94. The Morgan fingerprint density at radius 1 is 1.46 bits per heavy atom. The normalized spacial score (nSPS) is 11.3. The molecule has 0 heterocycles. The lowest BCUT2D eigenvalue weighted by Crippen LogP contribution is -2.04. The molecule has 1 aromatic rings. The molecule has 0 bridgehead atoms. The molecular formula is C7H7BrClNO2S. The summed E-state index contributed by atoms with van der Waals surface area (Å²) in [4.78, 5) is 0. The Bertz CT molecular complexity index is 419. The zero-order chi connectivity index (χ0) is 10.1. The molecule has 3 nitrogen and oxygen atoms in total. The lowest BCUT2D eigenvalue weighted by Gasteiger charge is -2.03. The summed E-state index contributed by atoms with van der Waals surface area (Å²) in [5, 5.41) is 0. The van der Waals surface area contributed by atoms with Crippen molar-refractivity contribution < 1.29 is 8.42 Å². The average molecular weight is 285 g/mol. The molecule has 0 atom stereocenters. The first-order valence-electron chi connectivity index (χ1n) is 3.37. The van der Waals surface area contributed by atoms with Crippen molar-refractivity contribution in [3.63, 3.8) is 0 Å². The van der Waals surface area contributed by atoms with Crippen LogP contribution in [-0.4, -0.2) is 8.42 Å². The van der Waals surface area contributed by atoms with E-state index in [1.165, 1.54) is 0 Å². The Hall–Kier alpha value is -0.260. The molecule has 0 aliphatic rings. The van der Waals surface area contributed by atoms with Gasteiger partial charge >= 0.3 is 9.24 Å². The summed E-state index contributed by atoms with van der Waals surface area (Å²) in [5.41, 5.74) is 1.39. The van der Waals surface area contributed by atoms with Gasteiger partial charge < -0.3 is 0 Å². The summed E-state index contributed by atoms with van der Waals surface area (Å²) in [7, 11) is 1.31. The van der Waals surface area contributed by atoms with Gasteiger partial charge in [0.1, 0.15) is 0 Å². The Morgan fingerprint density at radius 2 is 2.08 bits per heavy atom. The molecule has 0 unspecified atom stereocenters. The molecule has 0 saturated carbocycles. The zero-order valence-corrected chi connectivity index (χ0v) is 9.87. The van der Waals surface area contributed by atoms with Gasteiger partial charge in [-0.05, 0) is 30.7 Å². The van der Waals surface area contributed by atoms with E-state index in [4.69, 9.17) is 10.7 Å². The van der Waals surface area contributed by atoms with Crippen molar-refractivity contribution in [3.8, 4) is 0 Å². The highest BCUT2D eigenvalue weighted by atomic mass is 79.9. The predicted octanol–water partition coefficient (Wildman–Crippen LogP) is 2.65. The van der Waals surface area contributed by atoms with Crippen LogP contribution in [0.4, 0.5) is 5.69 Å². The number of hydrogen-bond donors (Lipinski definition) is 1. The van der Waals surface area contributed by atoms with Gasteiger partial charge in [-0.3, -0.25) is 4.72 Å².